The fraction of sp³-hybridized carbons (Fsp3) is 0.400. The Morgan fingerprint density at radius 2 is 2.35 bits per heavy atom. The van der Waals surface area contributed by atoms with E-state index in [4.69, 9.17) is 10.8 Å². The number of nitrogen functional groups attached to an aromatic ring is 1. The zero-order valence-electron chi connectivity index (χ0n) is 9.50. The van der Waals surface area contributed by atoms with Crippen LogP contribution in [-0.2, 0) is 18.4 Å². The first kappa shape index (κ1) is 11.3. The molecule has 0 bridgehead atoms. The molecule has 0 fully saturated rings. The molecule has 0 aliphatic heterocycles. The molecule has 2 aromatic rings. The number of hydrogen-bond donors (Lipinski definition) is 2. The lowest BCUT2D eigenvalue weighted by atomic mass is 10.3. The van der Waals surface area contributed by atoms with E-state index in [2.05, 4.69) is 9.97 Å². The summed E-state index contributed by atoms with van der Waals surface area (Å²) in [7, 11) is 1.85. The Kier molecular flexibility index (Phi) is 2.90. The molecular formula is C10H14N5O2+. The van der Waals surface area contributed by atoms with Crippen LogP contribution < -0.4 is 10.3 Å². The van der Waals surface area contributed by atoms with Crippen LogP contribution >= 0.6 is 0 Å². The van der Waals surface area contributed by atoms with Crippen molar-refractivity contribution in [2.24, 2.45) is 7.05 Å². The lowest BCUT2D eigenvalue weighted by molar-refractivity contribution is -0.650. The van der Waals surface area contributed by atoms with Crippen molar-refractivity contribution in [1.82, 2.24) is 14.5 Å². The van der Waals surface area contributed by atoms with Gasteiger partial charge in [0.1, 0.15) is 0 Å². The van der Waals surface area contributed by atoms with Gasteiger partial charge in [-0.25, -0.2) is 14.1 Å². The summed E-state index contributed by atoms with van der Waals surface area (Å²) in [5, 5.41) is 8.59. The lowest BCUT2D eigenvalue weighted by Crippen LogP contribution is -2.32. The molecule has 0 saturated carbocycles. The normalized spacial score (nSPS) is 10.9. The average Bonchev–Trinajstić information content (AvgIpc) is 2.68. The Labute approximate surface area is 97.5 Å². The van der Waals surface area contributed by atoms with Crippen molar-refractivity contribution in [3.63, 3.8) is 0 Å². The number of aliphatic carboxylic acids is 1. The molecule has 0 aliphatic carbocycles. The highest BCUT2D eigenvalue weighted by Gasteiger charge is 2.16. The Hall–Kier alpha value is -2.18. The number of carboxylic acid groups (broad SMARTS) is 1. The van der Waals surface area contributed by atoms with E-state index in [0.717, 1.165) is 5.65 Å². The van der Waals surface area contributed by atoms with Crippen LogP contribution in [0.15, 0.2) is 12.7 Å². The maximum Gasteiger partial charge on any atom is 0.303 e. The third kappa shape index (κ3) is 2.17. The largest absolute Gasteiger partial charge is 0.481 e. The first-order valence-corrected chi connectivity index (χ1v) is 5.26. The third-order valence-electron chi connectivity index (χ3n) is 2.55. The molecule has 0 spiro atoms. The number of carboxylic acids is 1. The van der Waals surface area contributed by atoms with E-state index < -0.39 is 5.97 Å². The number of aromatic nitrogens is 4. The molecule has 0 unspecified atom stereocenters. The molecule has 2 aromatic heterocycles. The monoisotopic (exact) mass is 236 g/mol. The number of carbonyl (C=O) groups is 1. The van der Waals surface area contributed by atoms with E-state index in [1.54, 1.807) is 12.7 Å². The maximum atomic E-state index is 10.5. The second-order valence-electron chi connectivity index (χ2n) is 3.85. The summed E-state index contributed by atoms with van der Waals surface area (Å²) in [6.45, 7) is 0.597. The second kappa shape index (κ2) is 4.36. The van der Waals surface area contributed by atoms with E-state index in [-0.39, 0.29) is 6.42 Å². The minimum Gasteiger partial charge on any atom is -0.481 e. The van der Waals surface area contributed by atoms with Crippen LogP contribution in [0.4, 0.5) is 5.82 Å². The number of nitrogens with zero attached hydrogens (tertiary/aromatic N) is 4. The molecule has 0 radical (unpaired) electrons. The summed E-state index contributed by atoms with van der Waals surface area (Å²) in [6, 6.07) is 0. The molecule has 0 saturated heterocycles. The van der Waals surface area contributed by atoms with Gasteiger partial charge in [0.25, 0.3) is 5.65 Å². The number of fused-ring (bicyclic) bond motifs is 1. The SMILES string of the molecule is C[n+]1cnc(N)c2ncn(CCCC(=O)O)c21. The van der Waals surface area contributed by atoms with Gasteiger partial charge in [0.2, 0.25) is 12.1 Å². The van der Waals surface area contributed by atoms with Crippen LogP contribution in [0.5, 0.6) is 0 Å². The average molecular weight is 236 g/mol. The van der Waals surface area contributed by atoms with Crippen molar-refractivity contribution in [2.75, 3.05) is 5.73 Å². The van der Waals surface area contributed by atoms with Crippen LogP contribution in [0.1, 0.15) is 12.8 Å². The summed E-state index contributed by atoms with van der Waals surface area (Å²) in [5.74, 6) is -0.407. The third-order valence-corrected chi connectivity index (χ3v) is 2.55. The Bertz CT molecular complexity index is 563. The van der Waals surface area contributed by atoms with Crippen molar-refractivity contribution in [3.05, 3.63) is 12.7 Å². The Balaban J connectivity index is 2.29. The minimum absolute atomic E-state index is 0.143. The minimum atomic E-state index is -0.792. The van der Waals surface area contributed by atoms with Crippen molar-refractivity contribution >= 4 is 23.0 Å². The van der Waals surface area contributed by atoms with E-state index in [0.29, 0.717) is 24.3 Å². The summed E-state index contributed by atoms with van der Waals surface area (Å²) in [4.78, 5) is 18.6. The molecule has 0 atom stereocenters. The van der Waals surface area contributed by atoms with E-state index in [9.17, 15) is 4.79 Å². The highest BCUT2D eigenvalue weighted by atomic mass is 16.4. The quantitative estimate of drug-likeness (QED) is 0.710. The van der Waals surface area contributed by atoms with Gasteiger partial charge in [-0.3, -0.25) is 4.79 Å². The topological polar surface area (TPSA) is 97.9 Å². The number of rotatable bonds is 4. The maximum absolute atomic E-state index is 10.5. The summed E-state index contributed by atoms with van der Waals surface area (Å²) >= 11 is 0. The molecular weight excluding hydrogens is 222 g/mol. The molecule has 3 N–H and O–H groups in total. The number of hydrogen-bond acceptors (Lipinski definition) is 4. The van der Waals surface area contributed by atoms with Gasteiger partial charge in [-0.2, -0.15) is 0 Å². The summed E-state index contributed by atoms with van der Waals surface area (Å²) in [6.07, 6.45) is 3.98. The Morgan fingerprint density at radius 1 is 1.59 bits per heavy atom. The fourth-order valence-electron chi connectivity index (χ4n) is 1.76. The number of aryl methyl sites for hydroxylation is 2. The van der Waals surface area contributed by atoms with Crippen molar-refractivity contribution in [2.45, 2.75) is 19.4 Å². The Morgan fingerprint density at radius 3 is 3.06 bits per heavy atom. The summed E-state index contributed by atoms with van der Waals surface area (Å²) < 4.78 is 3.70. The van der Waals surface area contributed by atoms with Gasteiger partial charge in [-0.1, -0.05) is 4.98 Å². The highest BCUT2D eigenvalue weighted by molar-refractivity contribution is 5.78. The number of anilines is 1. The summed E-state index contributed by atoms with van der Waals surface area (Å²) in [5.41, 5.74) is 7.21. The predicted molar refractivity (Wildman–Crippen MR) is 60.0 cm³/mol. The lowest BCUT2D eigenvalue weighted by Gasteiger charge is -2.00. The first-order chi connectivity index (χ1) is 8.09. The van der Waals surface area contributed by atoms with Gasteiger partial charge in [0, 0.05) is 6.42 Å². The predicted octanol–water partition coefficient (Wildman–Crippen LogP) is -0.297. The standard InChI is InChI=1S/C10H13N5O2/c1-14-5-13-9(11)8-10(14)15(6-12-8)4-2-3-7(16)17/h5-6,11H,2-4H2,1H3,(H,16,17)/p+1. The number of imidazole rings is 1. The van der Waals surface area contributed by atoms with Crippen LogP contribution in [0.25, 0.3) is 11.2 Å². The molecule has 2 rings (SSSR count). The second-order valence-corrected chi connectivity index (χ2v) is 3.85. The van der Waals surface area contributed by atoms with E-state index >= 15 is 0 Å². The molecule has 90 valence electrons. The molecule has 2 heterocycles. The van der Waals surface area contributed by atoms with Gasteiger partial charge in [0.05, 0.1) is 13.6 Å². The van der Waals surface area contributed by atoms with Gasteiger partial charge in [-0.05, 0) is 6.42 Å². The van der Waals surface area contributed by atoms with Crippen LogP contribution in [-0.4, -0.2) is 25.6 Å². The molecule has 7 nitrogen and oxygen atoms in total. The van der Waals surface area contributed by atoms with Crippen molar-refractivity contribution in [1.29, 1.82) is 0 Å². The van der Waals surface area contributed by atoms with Gasteiger partial charge >= 0.3 is 5.97 Å². The zero-order valence-corrected chi connectivity index (χ0v) is 9.50. The van der Waals surface area contributed by atoms with Gasteiger partial charge in [0.15, 0.2) is 11.8 Å². The molecule has 7 heteroatoms. The first-order valence-electron chi connectivity index (χ1n) is 5.26. The van der Waals surface area contributed by atoms with Crippen LogP contribution in [0, 0.1) is 0 Å². The molecule has 0 amide bonds. The molecule has 0 aliphatic rings. The van der Waals surface area contributed by atoms with Crippen molar-refractivity contribution in [3.8, 4) is 0 Å². The highest BCUT2D eigenvalue weighted by Crippen LogP contribution is 2.13. The van der Waals surface area contributed by atoms with E-state index in [1.807, 2.05) is 16.2 Å². The smallest absolute Gasteiger partial charge is 0.303 e. The van der Waals surface area contributed by atoms with Crippen LogP contribution in [0.2, 0.25) is 0 Å². The van der Waals surface area contributed by atoms with Gasteiger partial charge < -0.3 is 10.8 Å². The van der Waals surface area contributed by atoms with Crippen LogP contribution in [0.3, 0.4) is 0 Å². The fourth-order valence-corrected chi connectivity index (χ4v) is 1.76. The molecule has 17 heavy (non-hydrogen) atoms. The van der Waals surface area contributed by atoms with E-state index in [1.165, 1.54) is 0 Å². The van der Waals surface area contributed by atoms with Gasteiger partial charge in [-0.15, -0.1) is 0 Å². The number of nitrogens with two attached hydrogens (primary N) is 1. The zero-order chi connectivity index (χ0) is 12.4. The molecule has 0 aromatic carbocycles. The van der Waals surface area contributed by atoms with Crippen molar-refractivity contribution < 1.29 is 14.5 Å².